The third-order valence-electron chi connectivity index (χ3n) is 3.91. The molecule has 0 radical (unpaired) electrons. The number of benzene rings is 2. The van der Waals surface area contributed by atoms with Crippen LogP contribution in [-0.4, -0.2) is 0 Å². The summed E-state index contributed by atoms with van der Waals surface area (Å²) in [6.07, 6.45) is 3.46. The van der Waals surface area contributed by atoms with Gasteiger partial charge in [0.1, 0.15) is 5.69 Å². The van der Waals surface area contributed by atoms with Gasteiger partial charge in [0, 0.05) is 11.1 Å². The number of nitrogens with one attached hydrogen (secondary N) is 1. The van der Waals surface area contributed by atoms with E-state index in [9.17, 15) is 4.79 Å². The van der Waals surface area contributed by atoms with Crippen molar-refractivity contribution < 1.29 is 4.42 Å². The summed E-state index contributed by atoms with van der Waals surface area (Å²) in [5.41, 5.74) is 8.34. The van der Waals surface area contributed by atoms with Crippen molar-refractivity contribution in [3.8, 4) is 0 Å². The number of rotatable bonds is 5. The number of hydrogen-bond acceptors (Lipinski definition) is 4. The second kappa shape index (κ2) is 6.57. The van der Waals surface area contributed by atoms with Gasteiger partial charge < -0.3 is 15.5 Å². The van der Waals surface area contributed by atoms with Crippen molar-refractivity contribution in [1.82, 2.24) is 0 Å². The smallest absolute Gasteiger partial charge is 0.345 e. The maximum absolute atomic E-state index is 11.9. The molecule has 4 nitrogen and oxygen atoms in total. The summed E-state index contributed by atoms with van der Waals surface area (Å²) in [5, 5.41) is 4.55. The molecule has 1 aromatic heterocycles. The minimum Gasteiger partial charge on any atom is -0.404 e. The van der Waals surface area contributed by atoms with E-state index in [4.69, 9.17) is 10.2 Å². The fourth-order valence-electron chi connectivity index (χ4n) is 2.63. The van der Waals surface area contributed by atoms with E-state index < -0.39 is 5.63 Å². The van der Waals surface area contributed by atoms with Crippen molar-refractivity contribution in [3.63, 3.8) is 0 Å². The molecule has 3 rings (SSSR count). The van der Waals surface area contributed by atoms with Crippen molar-refractivity contribution in [3.05, 3.63) is 64.5 Å². The van der Waals surface area contributed by atoms with E-state index in [0.29, 0.717) is 11.1 Å². The van der Waals surface area contributed by atoms with Gasteiger partial charge in [0.25, 0.3) is 0 Å². The zero-order chi connectivity index (χ0) is 16.2. The Bertz CT molecular complexity index is 867. The van der Waals surface area contributed by atoms with E-state index in [1.807, 2.05) is 30.3 Å². The van der Waals surface area contributed by atoms with Crippen molar-refractivity contribution >= 4 is 28.0 Å². The van der Waals surface area contributed by atoms with Crippen LogP contribution < -0.4 is 16.7 Å². The van der Waals surface area contributed by atoms with Crippen molar-refractivity contribution in [1.29, 1.82) is 0 Å². The van der Waals surface area contributed by atoms with Crippen molar-refractivity contribution in [2.75, 3.05) is 11.1 Å². The number of hydrogen-bond donors (Lipinski definition) is 2. The third kappa shape index (κ3) is 3.21. The van der Waals surface area contributed by atoms with E-state index in [-0.39, 0.29) is 5.88 Å². The number of unbranched alkanes of at least 4 members (excludes halogenated alkanes) is 1. The quantitative estimate of drug-likeness (QED) is 0.730. The second-order valence-electron chi connectivity index (χ2n) is 5.60. The molecule has 4 heteroatoms. The van der Waals surface area contributed by atoms with Crippen LogP contribution >= 0.6 is 0 Å². The molecule has 0 amide bonds. The fourth-order valence-corrected chi connectivity index (χ4v) is 2.63. The first-order valence-corrected chi connectivity index (χ1v) is 7.86. The van der Waals surface area contributed by atoms with Crippen LogP contribution in [0.25, 0.3) is 10.8 Å². The van der Waals surface area contributed by atoms with E-state index in [1.165, 1.54) is 18.4 Å². The highest BCUT2D eigenvalue weighted by atomic mass is 16.4. The van der Waals surface area contributed by atoms with Crippen LogP contribution in [0.1, 0.15) is 25.3 Å². The average Bonchev–Trinajstić information content (AvgIpc) is 2.58. The lowest BCUT2D eigenvalue weighted by Gasteiger charge is -2.11. The second-order valence-corrected chi connectivity index (χ2v) is 5.60. The van der Waals surface area contributed by atoms with Crippen LogP contribution in [0, 0.1) is 0 Å². The Balaban J connectivity index is 1.94. The molecule has 1 heterocycles. The molecule has 0 atom stereocenters. The molecule has 0 unspecified atom stereocenters. The normalized spacial score (nSPS) is 10.8. The summed E-state index contributed by atoms with van der Waals surface area (Å²) in [7, 11) is 0. The highest BCUT2D eigenvalue weighted by Crippen LogP contribution is 2.30. The van der Waals surface area contributed by atoms with Crippen molar-refractivity contribution in [2.24, 2.45) is 0 Å². The number of anilines is 3. The van der Waals surface area contributed by atoms with Gasteiger partial charge in [0.2, 0.25) is 5.88 Å². The van der Waals surface area contributed by atoms with Gasteiger partial charge >= 0.3 is 5.63 Å². The van der Waals surface area contributed by atoms with Crippen LogP contribution in [0.4, 0.5) is 17.3 Å². The lowest BCUT2D eigenvalue weighted by atomic mass is 10.1. The Morgan fingerprint density at radius 2 is 1.74 bits per heavy atom. The molecule has 0 aliphatic heterocycles. The maximum atomic E-state index is 11.9. The molecule has 0 bridgehead atoms. The van der Waals surface area contributed by atoms with Gasteiger partial charge in [-0.05, 0) is 36.6 Å². The third-order valence-corrected chi connectivity index (χ3v) is 3.91. The minimum absolute atomic E-state index is 0.101. The van der Waals surface area contributed by atoms with Gasteiger partial charge in [0.05, 0.1) is 5.39 Å². The maximum Gasteiger partial charge on any atom is 0.345 e. The predicted molar refractivity (Wildman–Crippen MR) is 95.2 cm³/mol. The van der Waals surface area contributed by atoms with E-state index >= 15 is 0 Å². The first-order chi connectivity index (χ1) is 11.2. The molecule has 0 aliphatic rings. The number of nitrogens with two attached hydrogens (primary N) is 1. The Kier molecular flexibility index (Phi) is 4.33. The van der Waals surface area contributed by atoms with Crippen LogP contribution in [0.15, 0.2) is 57.7 Å². The summed E-state index contributed by atoms with van der Waals surface area (Å²) >= 11 is 0. The number of nitrogen functional groups attached to an aromatic ring is 1. The summed E-state index contributed by atoms with van der Waals surface area (Å²) in [6.45, 7) is 2.19. The topological polar surface area (TPSA) is 68.3 Å². The van der Waals surface area contributed by atoms with Gasteiger partial charge in [0.15, 0.2) is 0 Å². The minimum atomic E-state index is -0.418. The molecule has 118 valence electrons. The lowest BCUT2D eigenvalue weighted by molar-refractivity contribution is 0.542. The Labute approximate surface area is 134 Å². The molecule has 0 fully saturated rings. The highest BCUT2D eigenvalue weighted by molar-refractivity contribution is 5.98. The molecule has 0 spiro atoms. The van der Waals surface area contributed by atoms with Crippen molar-refractivity contribution in [2.45, 2.75) is 26.2 Å². The van der Waals surface area contributed by atoms with Gasteiger partial charge in [-0.3, -0.25) is 0 Å². The monoisotopic (exact) mass is 308 g/mol. The van der Waals surface area contributed by atoms with Crippen LogP contribution in [0.5, 0.6) is 0 Å². The highest BCUT2D eigenvalue weighted by Gasteiger charge is 2.11. The van der Waals surface area contributed by atoms with E-state index in [1.54, 1.807) is 6.07 Å². The predicted octanol–water partition coefficient (Wildman–Crippen LogP) is 4.46. The molecule has 0 saturated heterocycles. The molecule has 3 N–H and O–H groups in total. The summed E-state index contributed by atoms with van der Waals surface area (Å²) in [5.74, 6) is 0.101. The standard InChI is InChI=1S/C19H20N2O2/c1-2-3-6-13-9-11-14(12-10-13)21-17-15-7-4-5-8-16(15)19(22)23-18(17)20/h4-5,7-12,21H,2-3,6,20H2,1H3. The largest absolute Gasteiger partial charge is 0.404 e. The molecule has 3 aromatic rings. The molecular weight excluding hydrogens is 288 g/mol. The van der Waals surface area contributed by atoms with Crippen LogP contribution in [0.3, 0.4) is 0 Å². The van der Waals surface area contributed by atoms with E-state index in [2.05, 4.69) is 24.4 Å². The summed E-state index contributed by atoms with van der Waals surface area (Å²) in [6, 6.07) is 15.5. The fraction of sp³-hybridized carbons (Fsp3) is 0.211. The lowest BCUT2D eigenvalue weighted by Crippen LogP contribution is -2.06. The average molecular weight is 308 g/mol. The van der Waals surface area contributed by atoms with Gasteiger partial charge in [-0.2, -0.15) is 0 Å². The Hall–Kier alpha value is -2.75. The van der Waals surface area contributed by atoms with E-state index in [0.717, 1.165) is 17.5 Å². The van der Waals surface area contributed by atoms with Gasteiger partial charge in [-0.25, -0.2) is 4.79 Å². The first kappa shape index (κ1) is 15.2. The SMILES string of the molecule is CCCCc1ccc(Nc2c(N)oc(=O)c3ccccc23)cc1. The first-order valence-electron chi connectivity index (χ1n) is 7.86. The van der Waals surface area contributed by atoms with Gasteiger partial charge in [-0.1, -0.05) is 43.7 Å². The molecule has 2 aromatic carbocycles. The summed E-state index contributed by atoms with van der Waals surface area (Å²) < 4.78 is 5.13. The van der Waals surface area contributed by atoms with Crippen LogP contribution in [-0.2, 0) is 6.42 Å². The summed E-state index contributed by atoms with van der Waals surface area (Å²) in [4.78, 5) is 11.9. The van der Waals surface area contributed by atoms with Crippen LogP contribution in [0.2, 0.25) is 0 Å². The zero-order valence-corrected chi connectivity index (χ0v) is 13.1. The Morgan fingerprint density at radius 3 is 2.43 bits per heavy atom. The number of fused-ring (bicyclic) bond motifs is 1. The molecule has 0 aliphatic carbocycles. The Morgan fingerprint density at radius 1 is 1.04 bits per heavy atom. The molecule has 0 saturated carbocycles. The zero-order valence-electron chi connectivity index (χ0n) is 13.1. The number of aryl methyl sites for hydroxylation is 1. The molecular formula is C19H20N2O2. The van der Waals surface area contributed by atoms with Gasteiger partial charge in [-0.15, -0.1) is 0 Å². The molecule has 23 heavy (non-hydrogen) atoms.